The second kappa shape index (κ2) is 9.50. The Balaban J connectivity index is 2.01. The first-order valence-corrected chi connectivity index (χ1v) is 8.37. The molecule has 2 heteroatoms. The molecule has 0 aromatic carbocycles. The Labute approximate surface area is 117 Å². The maximum Gasteiger partial charge on any atom is 0.107 e. The summed E-state index contributed by atoms with van der Waals surface area (Å²) < 4.78 is 0. The molecule has 0 bridgehead atoms. The molecule has 102 valence electrons. The minimum absolute atomic E-state index is 0.152. The summed E-state index contributed by atoms with van der Waals surface area (Å²) in [6.45, 7) is 2.29. The molecule has 0 amide bonds. The number of halogens is 2. The average molecular weight is 279 g/mol. The minimum Gasteiger partial charge on any atom is -0.105 e. The highest BCUT2D eigenvalue weighted by molar-refractivity contribution is 6.44. The molecular weight excluding hydrogens is 251 g/mol. The van der Waals surface area contributed by atoms with Crippen LogP contribution in [0, 0.1) is 11.8 Å². The standard InChI is InChI=1S/C15H28Cl2/c1-2-3-4-6-13-9-11-14(12-10-13)7-5-8-15(16)17/h13-15H,2-12H2,1H3/t13-,14-. The van der Waals surface area contributed by atoms with Gasteiger partial charge in [-0.1, -0.05) is 71.1 Å². The molecule has 0 unspecified atom stereocenters. The Morgan fingerprint density at radius 3 is 1.88 bits per heavy atom. The Hall–Kier alpha value is 0.580. The molecule has 0 nitrogen and oxygen atoms in total. The van der Waals surface area contributed by atoms with Crippen LogP contribution in [0.15, 0.2) is 0 Å². The quantitative estimate of drug-likeness (QED) is 0.359. The van der Waals surface area contributed by atoms with Gasteiger partial charge in [0.2, 0.25) is 0 Å². The van der Waals surface area contributed by atoms with Crippen LogP contribution in [0.1, 0.15) is 77.6 Å². The first-order chi connectivity index (χ1) is 8.22. The molecule has 0 radical (unpaired) electrons. The van der Waals surface area contributed by atoms with E-state index in [-0.39, 0.29) is 4.84 Å². The predicted octanol–water partition coefficient (Wildman–Crippen LogP) is 6.35. The first kappa shape index (κ1) is 15.6. The van der Waals surface area contributed by atoms with E-state index in [0.29, 0.717) is 0 Å². The van der Waals surface area contributed by atoms with Gasteiger partial charge in [-0.2, -0.15) is 0 Å². The monoisotopic (exact) mass is 278 g/mol. The van der Waals surface area contributed by atoms with E-state index in [2.05, 4.69) is 6.92 Å². The van der Waals surface area contributed by atoms with Crippen molar-refractivity contribution in [2.45, 2.75) is 82.4 Å². The zero-order chi connectivity index (χ0) is 12.5. The highest BCUT2D eigenvalue weighted by atomic mass is 35.5. The largest absolute Gasteiger partial charge is 0.107 e. The van der Waals surface area contributed by atoms with Crippen LogP contribution in [-0.2, 0) is 0 Å². The summed E-state index contributed by atoms with van der Waals surface area (Å²) in [6.07, 6.45) is 15.1. The maximum atomic E-state index is 5.75. The lowest BCUT2D eigenvalue weighted by molar-refractivity contribution is 0.245. The second-order valence-corrected chi connectivity index (χ2v) is 6.98. The summed E-state index contributed by atoms with van der Waals surface area (Å²) in [5, 5.41) is 0. The van der Waals surface area contributed by atoms with Crippen molar-refractivity contribution in [1.29, 1.82) is 0 Å². The Bertz CT molecular complexity index is 172. The third kappa shape index (κ3) is 7.57. The van der Waals surface area contributed by atoms with Crippen molar-refractivity contribution in [3.8, 4) is 0 Å². The van der Waals surface area contributed by atoms with Crippen LogP contribution in [-0.4, -0.2) is 4.84 Å². The van der Waals surface area contributed by atoms with Crippen molar-refractivity contribution in [2.24, 2.45) is 11.8 Å². The Morgan fingerprint density at radius 1 is 0.882 bits per heavy atom. The highest BCUT2D eigenvalue weighted by Crippen LogP contribution is 2.34. The van der Waals surface area contributed by atoms with Crippen molar-refractivity contribution in [2.75, 3.05) is 0 Å². The van der Waals surface area contributed by atoms with Crippen LogP contribution in [0.25, 0.3) is 0 Å². The third-order valence-corrected chi connectivity index (χ3v) is 4.65. The second-order valence-electron chi connectivity index (χ2n) is 5.70. The molecule has 0 spiro atoms. The summed E-state index contributed by atoms with van der Waals surface area (Å²) in [4.78, 5) is -0.152. The number of rotatable bonds is 8. The van der Waals surface area contributed by atoms with E-state index in [9.17, 15) is 0 Å². The van der Waals surface area contributed by atoms with Gasteiger partial charge in [0, 0.05) is 0 Å². The van der Waals surface area contributed by atoms with Gasteiger partial charge in [0.1, 0.15) is 4.84 Å². The molecule has 0 N–H and O–H groups in total. The SMILES string of the molecule is CCCCC[C@H]1CC[C@H](CCCC(Cl)Cl)CC1. The van der Waals surface area contributed by atoms with Crippen LogP contribution in [0.2, 0.25) is 0 Å². The molecule has 0 aliphatic heterocycles. The Morgan fingerprint density at radius 2 is 1.41 bits per heavy atom. The third-order valence-electron chi connectivity index (χ3n) is 4.22. The lowest BCUT2D eigenvalue weighted by Crippen LogP contribution is -2.14. The van der Waals surface area contributed by atoms with Crippen LogP contribution >= 0.6 is 23.2 Å². The van der Waals surface area contributed by atoms with Gasteiger partial charge >= 0.3 is 0 Å². The zero-order valence-corrected chi connectivity index (χ0v) is 12.8. The fourth-order valence-electron chi connectivity index (χ4n) is 3.05. The molecule has 1 rings (SSSR count). The summed E-state index contributed by atoms with van der Waals surface area (Å²) in [5.74, 6) is 2.00. The summed E-state index contributed by atoms with van der Waals surface area (Å²) >= 11 is 11.5. The molecule has 1 fully saturated rings. The lowest BCUT2D eigenvalue weighted by atomic mass is 9.78. The normalized spacial score (nSPS) is 25.4. The lowest BCUT2D eigenvalue weighted by Gasteiger charge is -2.28. The van der Waals surface area contributed by atoms with Crippen LogP contribution in [0.4, 0.5) is 0 Å². The molecule has 17 heavy (non-hydrogen) atoms. The molecule has 0 aromatic rings. The summed E-state index contributed by atoms with van der Waals surface area (Å²) in [6, 6.07) is 0. The smallest absolute Gasteiger partial charge is 0.105 e. The first-order valence-electron chi connectivity index (χ1n) is 7.50. The molecular formula is C15H28Cl2. The van der Waals surface area contributed by atoms with E-state index in [1.165, 1.54) is 64.2 Å². The number of hydrogen-bond acceptors (Lipinski definition) is 0. The van der Waals surface area contributed by atoms with E-state index in [1.807, 2.05) is 0 Å². The van der Waals surface area contributed by atoms with Gasteiger partial charge < -0.3 is 0 Å². The zero-order valence-electron chi connectivity index (χ0n) is 11.3. The van der Waals surface area contributed by atoms with E-state index in [1.54, 1.807) is 0 Å². The number of hydrogen-bond donors (Lipinski definition) is 0. The van der Waals surface area contributed by atoms with Crippen molar-refractivity contribution in [3.05, 3.63) is 0 Å². The summed E-state index contributed by atoms with van der Waals surface area (Å²) in [5.41, 5.74) is 0. The summed E-state index contributed by atoms with van der Waals surface area (Å²) in [7, 11) is 0. The topological polar surface area (TPSA) is 0 Å². The fourth-order valence-corrected chi connectivity index (χ4v) is 3.36. The molecule has 1 aliphatic rings. The van der Waals surface area contributed by atoms with Crippen molar-refractivity contribution in [1.82, 2.24) is 0 Å². The van der Waals surface area contributed by atoms with E-state index >= 15 is 0 Å². The van der Waals surface area contributed by atoms with Gasteiger partial charge in [-0.05, 0) is 18.3 Å². The van der Waals surface area contributed by atoms with Gasteiger partial charge in [0.15, 0.2) is 0 Å². The molecule has 1 aliphatic carbocycles. The van der Waals surface area contributed by atoms with Gasteiger partial charge in [-0.15, -0.1) is 23.2 Å². The van der Waals surface area contributed by atoms with E-state index < -0.39 is 0 Å². The van der Waals surface area contributed by atoms with Crippen molar-refractivity contribution in [3.63, 3.8) is 0 Å². The Kier molecular flexibility index (Phi) is 8.74. The number of alkyl halides is 2. The molecule has 0 heterocycles. The molecule has 0 saturated heterocycles. The predicted molar refractivity (Wildman–Crippen MR) is 78.9 cm³/mol. The molecule has 0 atom stereocenters. The van der Waals surface area contributed by atoms with Gasteiger partial charge in [0.25, 0.3) is 0 Å². The van der Waals surface area contributed by atoms with Crippen LogP contribution in [0.5, 0.6) is 0 Å². The molecule has 1 saturated carbocycles. The van der Waals surface area contributed by atoms with Crippen molar-refractivity contribution >= 4 is 23.2 Å². The number of unbranched alkanes of at least 4 members (excludes halogenated alkanes) is 2. The minimum atomic E-state index is -0.152. The van der Waals surface area contributed by atoms with Gasteiger partial charge in [-0.25, -0.2) is 0 Å². The fraction of sp³-hybridized carbons (Fsp3) is 1.00. The van der Waals surface area contributed by atoms with Crippen LogP contribution < -0.4 is 0 Å². The maximum absolute atomic E-state index is 5.75. The average Bonchev–Trinajstić information content (AvgIpc) is 2.31. The molecule has 0 aromatic heterocycles. The van der Waals surface area contributed by atoms with Crippen molar-refractivity contribution < 1.29 is 0 Å². The highest BCUT2D eigenvalue weighted by Gasteiger charge is 2.20. The van der Waals surface area contributed by atoms with Gasteiger partial charge in [0.05, 0.1) is 0 Å². The van der Waals surface area contributed by atoms with E-state index in [0.717, 1.165) is 18.3 Å². The van der Waals surface area contributed by atoms with E-state index in [4.69, 9.17) is 23.2 Å². The van der Waals surface area contributed by atoms with Gasteiger partial charge in [-0.3, -0.25) is 0 Å². The van der Waals surface area contributed by atoms with Crippen LogP contribution in [0.3, 0.4) is 0 Å².